The fourth-order valence-corrected chi connectivity index (χ4v) is 4.49. The van der Waals surface area contributed by atoms with Gasteiger partial charge in [-0.2, -0.15) is 5.10 Å². The van der Waals surface area contributed by atoms with Crippen molar-refractivity contribution in [3.8, 4) is 23.0 Å². The number of para-hydroxylation sites is 1. The molecule has 41 heavy (non-hydrogen) atoms. The fourth-order valence-electron chi connectivity index (χ4n) is 3.77. The van der Waals surface area contributed by atoms with E-state index in [1.165, 1.54) is 12.1 Å². The van der Waals surface area contributed by atoms with E-state index >= 15 is 0 Å². The molecule has 0 bridgehead atoms. The third kappa shape index (κ3) is 6.69. The second-order valence-electron chi connectivity index (χ2n) is 8.42. The normalized spacial score (nSPS) is 11.0. The first kappa shape index (κ1) is 27.8. The molecule has 0 unspecified atom stereocenters. The van der Waals surface area contributed by atoms with E-state index in [-0.39, 0.29) is 15.7 Å². The number of ether oxygens (including phenoxy) is 3. The van der Waals surface area contributed by atoms with Gasteiger partial charge >= 0.3 is 5.00 Å². The SMILES string of the molecule is CCOCCOCCOc1ccc(-c2nc(NC(=O)c3ccc([N+](=O)[O-])s3)c3cnn(-c4ccccc4)c3n2)cn1. The van der Waals surface area contributed by atoms with Crippen LogP contribution in [0.4, 0.5) is 10.8 Å². The highest BCUT2D eigenvalue weighted by Crippen LogP contribution is 2.29. The first-order valence-electron chi connectivity index (χ1n) is 12.6. The van der Waals surface area contributed by atoms with Crippen molar-refractivity contribution in [2.24, 2.45) is 0 Å². The number of hydrogen-bond acceptors (Lipinski definition) is 11. The van der Waals surface area contributed by atoms with E-state index in [1.807, 2.05) is 37.3 Å². The number of fused-ring (bicyclic) bond motifs is 1. The minimum absolute atomic E-state index is 0.133. The molecule has 0 aliphatic heterocycles. The molecule has 0 aliphatic carbocycles. The van der Waals surface area contributed by atoms with Crippen molar-refractivity contribution in [1.29, 1.82) is 0 Å². The van der Waals surface area contributed by atoms with Gasteiger partial charge < -0.3 is 19.5 Å². The van der Waals surface area contributed by atoms with Crippen LogP contribution in [0.15, 0.2) is 67.0 Å². The Bertz CT molecular complexity index is 1640. The molecule has 5 rings (SSSR count). The molecule has 1 aromatic carbocycles. The Morgan fingerprint density at radius 2 is 1.80 bits per heavy atom. The molecule has 1 amide bonds. The lowest BCUT2D eigenvalue weighted by Crippen LogP contribution is -2.13. The lowest BCUT2D eigenvalue weighted by molar-refractivity contribution is -0.380. The summed E-state index contributed by atoms with van der Waals surface area (Å²) in [5.41, 5.74) is 1.80. The van der Waals surface area contributed by atoms with Crippen LogP contribution in [0.2, 0.25) is 0 Å². The van der Waals surface area contributed by atoms with Crippen molar-refractivity contribution in [2.45, 2.75) is 6.92 Å². The first-order valence-corrected chi connectivity index (χ1v) is 13.5. The Morgan fingerprint density at radius 3 is 2.54 bits per heavy atom. The van der Waals surface area contributed by atoms with Crippen LogP contribution >= 0.6 is 11.3 Å². The van der Waals surface area contributed by atoms with Gasteiger partial charge in [0.15, 0.2) is 11.5 Å². The van der Waals surface area contributed by atoms with Gasteiger partial charge in [-0.15, -0.1) is 0 Å². The van der Waals surface area contributed by atoms with Gasteiger partial charge in [-0.05, 0) is 31.2 Å². The Morgan fingerprint density at radius 1 is 1.00 bits per heavy atom. The first-order chi connectivity index (χ1) is 20.0. The Kier molecular flexibility index (Phi) is 8.83. The highest BCUT2D eigenvalue weighted by molar-refractivity contribution is 7.17. The average molecular weight is 576 g/mol. The highest BCUT2D eigenvalue weighted by atomic mass is 32.1. The number of nitrogens with one attached hydrogen (secondary N) is 1. The van der Waals surface area contributed by atoms with Crippen LogP contribution in [-0.4, -0.2) is 68.6 Å². The van der Waals surface area contributed by atoms with E-state index in [9.17, 15) is 14.9 Å². The maximum Gasteiger partial charge on any atom is 0.324 e. The van der Waals surface area contributed by atoms with Crippen LogP contribution in [-0.2, 0) is 9.47 Å². The lowest BCUT2D eigenvalue weighted by atomic mass is 10.2. The van der Waals surface area contributed by atoms with Crippen LogP contribution in [0, 0.1) is 10.1 Å². The zero-order chi connectivity index (χ0) is 28.6. The van der Waals surface area contributed by atoms with Gasteiger partial charge in [0.25, 0.3) is 5.91 Å². The Labute approximate surface area is 237 Å². The zero-order valence-corrected chi connectivity index (χ0v) is 22.7. The molecule has 0 saturated carbocycles. The number of carbonyl (C=O) groups excluding carboxylic acids is 1. The minimum Gasteiger partial charge on any atom is -0.475 e. The van der Waals surface area contributed by atoms with E-state index < -0.39 is 10.8 Å². The third-order valence-corrected chi connectivity index (χ3v) is 6.74. The summed E-state index contributed by atoms with van der Waals surface area (Å²) in [6.45, 7) is 4.33. The topological polar surface area (TPSA) is 156 Å². The fraction of sp³-hybridized carbons (Fsp3) is 0.222. The van der Waals surface area contributed by atoms with Crippen LogP contribution < -0.4 is 10.1 Å². The number of hydrogen-bond donors (Lipinski definition) is 1. The molecule has 0 aliphatic rings. The van der Waals surface area contributed by atoms with Gasteiger partial charge in [0.2, 0.25) is 5.88 Å². The number of benzene rings is 1. The summed E-state index contributed by atoms with van der Waals surface area (Å²) in [5, 5.41) is 18.7. The van der Waals surface area contributed by atoms with E-state index in [2.05, 4.69) is 20.4 Å². The molecule has 0 spiro atoms. The number of nitro groups is 1. The van der Waals surface area contributed by atoms with Gasteiger partial charge in [0, 0.05) is 30.5 Å². The summed E-state index contributed by atoms with van der Waals surface area (Å²) in [4.78, 5) is 37.4. The molecule has 0 atom stereocenters. The van der Waals surface area contributed by atoms with Crippen molar-refractivity contribution in [3.63, 3.8) is 0 Å². The van der Waals surface area contributed by atoms with Crippen molar-refractivity contribution in [1.82, 2.24) is 24.7 Å². The summed E-state index contributed by atoms with van der Waals surface area (Å²) >= 11 is 0.776. The predicted molar refractivity (Wildman–Crippen MR) is 152 cm³/mol. The standard InChI is InChI=1S/C27H25N7O6S/c1-2-38-12-13-39-14-15-40-22-10-8-18(16-28-22)24-30-25(32-27(35)21-9-11-23(41-21)34(36)37)20-17-29-33(26(20)31-24)19-6-4-3-5-7-19/h3-11,16-17H,2,12-15H2,1H3,(H,30,31,32,35). The summed E-state index contributed by atoms with van der Waals surface area (Å²) in [7, 11) is 0. The summed E-state index contributed by atoms with van der Waals surface area (Å²) in [6.07, 6.45) is 3.13. The van der Waals surface area contributed by atoms with Gasteiger partial charge in [0.1, 0.15) is 12.4 Å². The number of pyridine rings is 1. The molecule has 0 saturated heterocycles. The van der Waals surface area contributed by atoms with Gasteiger partial charge in [-0.3, -0.25) is 14.9 Å². The number of thiophene rings is 1. The van der Waals surface area contributed by atoms with Crippen molar-refractivity contribution in [3.05, 3.63) is 82.0 Å². The number of rotatable bonds is 13. The minimum atomic E-state index is -0.539. The molecule has 0 radical (unpaired) electrons. The number of aromatic nitrogens is 5. The molecule has 0 fully saturated rings. The maximum absolute atomic E-state index is 13.0. The van der Waals surface area contributed by atoms with Crippen molar-refractivity contribution in [2.75, 3.05) is 38.4 Å². The molecular weight excluding hydrogens is 550 g/mol. The molecule has 14 heteroatoms. The van der Waals surface area contributed by atoms with Gasteiger partial charge in [0.05, 0.1) is 46.9 Å². The molecule has 5 aromatic rings. The molecule has 1 N–H and O–H groups in total. The second-order valence-corrected chi connectivity index (χ2v) is 9.48. The van der Waals surface area contributed by atoms with E-state index in [1.54, 1.807) is 29.2 Å². The summed E-state index contributed by atoms with van der Waals surface area (Å²) in [6, 6.07) is 15.6. The number of nitrogens with zero attached hydrogens (tertiary/aromatic N) is 6. The molecule has 210 valence electrons. The quantitative estimate of drug-likeness (QED) is 0.120. The number of carbonyl (C=O) groups is 1. The maximum atomic E-state index is 13.0. The van der Waals surface area contributed by atoms with Crippen LogP contribution in [0.1, 0.15) is 16.6 Å². The number of amides is 1. The molecule has 4 heterocycles. The van der Waals surface area contributed by atoms with Gasteiger partial charge in [-0.1, -0.05) is 29.5 Å². The van der Waals surface area contributed by atoms with Crippen LogP contribution in [0.25, 0.3) is 28.1 Å². The van der Waals surface area contributed by atoms with Gasteiger partial charge in [-0.25, -0.2) is 19.6 Å². The number of anilines is 1. The highest BCUT2D eigenvalue weighted by Gasteiger charge is 2.20. The zero-order valence-electron chi connectivity index (χ0n) is 21.9. The lowest BCUT2D eigenvalue weighted by Gasteiger charge is -2.10. The molecule has 13 nitrogen and oxygen atoms in total. The van der Waals surface area contributed by atoms with E-state index in [0.29, 0.717) is 61.3 Å². The third-order valence-electron chi connectivity index (χ3n) is 5.70. The Balaban J connectivity index is 1.41. The predicted octanol–water partition coefficient (Wildman–Crippen LogP) is 4.53. The second kappa shape index (κ2) is 13.0. The average Bonchev–Trinajstić information content (AvgIpc) is 3.66. The van der Waals surface area contributed by atoms with Crippen molar-refractivity contribution < 1.29 is 23.9 Å². The van der Waals surface area contributed by atoms with E-state index in [4.69, 9.17) is 19.2 Å². The largest absolute Gasteiger partial charge is 0.475 e. The van der Waals surface area contributed by atoms with Crippen LogP contribution in [0.3, 0.4) is 0 Å². The smallest absolute Gasteiger partial charge is 0.324 e. The summed E-state index contributed by atoms with van der Waals surface area (Å²) in [5.74, 6) is 0.371. The molecular formula is C27H25N7O6S. The Hall–Kier alpha value is -4.79. The monoisotopic (exact) mass is 575 g/mol. The summed E-state index contributed by atoms with van der Waals surface area (Å²) < 4.78 is 18.0. The molecule has 4 aromatic heterocycles. The van der Waals surface area contributed by atoms with Crippen molar-refractivity contribution >= 4 is 39.1 Å². The van der Waals surface area contributed by atoms with Crippen LogP contribution in [0.5, 0.6) is 5.88 Å². The van der Waals surface area contributed by atoms with E-state index in [0.717, 1.165) is 17.0 Å².